The van der Waals surface area contributed by atoms with Crippen LogP contribution in [0.5, 0.6) is 11.5 Å². The molecule has 8 rings (SSSR count). The van der Waals surface area contributed by atoms with Crippen molar-refractivity contribution in [1.82, 2.24) is 9.97 Å². The molecule has 53 heavy (non-hydrogen) atoms. The molecule has 4 aliphatic rings. The molecule has 0 fully saturated rings. The topological polar surface area (TPSA) is 193 Å². The van der Waals surface area contributed by atoms with Gasteiger partial charge in [0.1, 0.15) is 52.6 Å². The minimum atomic E-state index is -1.26. The zero-order valence-corrected chi connectivity index (χ0v) is 30.1. The van der Waals surface area contributed by atoms with E-state index in [4.69, 9.17) is 30.1 Å². The number of allylic oxidation sites excluding steroid dienone is 4. The van der Waals surface area contributed by atoms with Crippen molar-refractivity contribution >= 4 is 34.1 Å². The van der Waals surface area contributed by atoms with Crippen LogP contribution in [0.15, 0.2) is 68.7 Å². The van der Waals surface area contributed by atoms with E-state index in [0.29, 0.717) is 60.0 Å². The van der Waals surface area contributed by atoms with E-state index in [2.05, 4.69) is 16.0 Å². The minimum Gasteiger partial charge on any atom is -0.507 e. The van der Waals surface area contributed by atoms with E-state index in [1.54, 1.807) is 33.2 Å². The molecule has 1 aromatic carbocycles. The fraction of sp³-hybridized carbons (Fsp3) is 0.366. The Bertz CT molecular complexity index is 2380. The van der Waals surface area contributed by atoms with Gasteiger partial charge in [-0.2, -0.15) is 0 Å². The van der Waals surface area contributed by atoms with Crippen LogP contribution in [0.3, 0.4) is 0 Å². The Morgan fingerprint density at radius 1 is 1.13 bits per heavy atom. The number of aliphatic hydroxyl groups is 1. The van der Waals surface area contributed by atoms with E-state index in [-0.39, 0.29) is 41.2 Å². The Hall–Kier alpha value is -5.46. The number of aliphatic hydroxyl groups excluding tert-OH is 1. The molecule has 3 aromatic heterocycles. The van der Waals surface area contributed by atoms with Gasteiger partial charge in [0.15, 0.2) is 11.0 Å². The molecule has 6 N–H and O–H groups in total. The van der Waals surface area contributed by atoms with Crippen LogP contribution < -0.4 is 21.6 Å². The number of carbonyl (C=O) groups is 1. The number of hydrogen-bond acceptors (Lipinski definition) is 12. The predicted octanol–water partition coefficient (Wildman–Crippen LogP) is 4.88. The number of ether oxygens (including phenoxy) is 3. The summed E-state index contributed by atoms with van der Waals surface area (Å²) in [5, 5.41) is 21.9. The summed E-state index contributed by atoms with van der Waals surface area (Å²) in [7, 11) is 1.68. The maximum atomic E-state index is 13.7. The molecular formula is C41H42N4O8. The van der Waals surface area contributed by atoms with E-state index >= 15 is 0 Å². The molecular weight excluding hydrogens is 676 g/mol. The Morgan fingerprint density at radius 3 is 2.70 bits per heavy atom. The molecule has 0 saturated heterocycles. The highest BCUT2D eigenvalue weighted by Gasteiger charge is 2.55. The van der Waals surface area contributed by atoms with Crippen LogP contribution in [0.4, 0.5) is 11.6 Å². The third-order valence-electron chi connectivity index (χ3n) is 11.6. The average Bonchev–Trinajstić information content (AvgIpc) is 3.37. The molecule has 0 spiro atoms. The van der Waals surface area contributed by atoms with Crippen molar-refractivity contribution in [2.75, 3.05) is 25.2 Å². The molecule has 12 nitrogen and oxygen atoms in total. The lowest BCUT2D eigenvalue weighted by Crippen LogP contribution is -2.57. The van der Waals surface area contributed by atoms with Gasteiger partial charge in [-0.15, -0.1) is 0 Å². The number of anilines is 2. The fourth-order valence-corrected chi connectivity index (χ4v) is 8.74. The number of carbonyl (C=O) groups excluding carboxylic acids is 1. The summed E-state index contributed by atoms with van der Waals surface area (Å²) >= 11 is 0. The van der Waals surface area contributed by atoms with Crippen molar-refractivity contribution in [3.63, 3.8) is 0 Å². The smallest absolute Gasteiger partial charge is 0.333 e. The second kappa shape index (κ2) is 12.9. The number of phenolic OH excluding ortho intramolecular Hbond substituents is 1. The highest BCUT2D eigenvalue weighted by atomic mass is 16.6. The number of rotatable bonds is 6. The third kappa shape index (κ3) is 5.42. The molecule has 4 atom stereocenters. The zero-order chi connectivity index (χ0) is 37.3. The fourth-order valence-electron chi connectivity index (χ4n) is 8.74. The van der Waals surface area contributed by atoms with Gasteiger partial charge < -0.3 is 40.3 Å². The summed E-state index contributed by atoms with van der Waals surface area (Å²) in [6.45, 7) is 5.39. The predicted molar refractivity (Wildman–Crippen MR) is 198 cm³/mol. The standard InChI is InChI=1S/C41H42N4O8/c1-5-19(2)40(49)52-31-16-27-36(48)35-30(47)15-24(18-46)51-38(35)28-11-21-6-8-44-39(43)33(21)26-10-20(7-9-50-4)25-12-22-14-32(42)45-17-23(22)13-29(34(25)26)41(31,3)53-37(27)28/h5-6,8,10,14-15,17,20,29,31,46,48H,7,9,11-13,16,18H2,1-4H3,(H2,42,45)(H2,43,44)/b19-5-/t20-,29-,31-,41+/m1/s1. The summed E-state index contributed by atoms with van der Waals surface area (Å²) in [5.41, 5.74) is 19.4. The summed E-state index contributed by atoms with van der Waals surface area (Å²) in [4.78, 5) is 36.4. The number of aromatic hydroxyl groups is 1. The first kappa shape index (κ1) is 34.6. The number of hydrogen-bond donors (Lipinski definition) is 4. The number of nitrogens with zero attached hydrogens (tertiary/aromatic N) is 2. The molecule has 4 aromatic rings. The Labute approximate surface area is 305 Å². The molecule has 274 valence electrons. The number of methoxy groups -OCH3 is 1. The molecule has 0 unspecified atom stereocenters. The first-order valence-electron chi connectivity index (χ1n) is 17.9. The van der Waals surface area contributed by atoms with Crippen LogP contribution in [0.25, 0.3) is 16.5 Å². The SMILES string of the molecule is C/C=C(/C)C(=O)O[C@@H]1Cc2c3c(c4oc(CO)cc(=O)c4c2O)Cc2ccnc(N)c2C2=C[C@@H](CCOC)C4=C2[C@@H](Cc2cnc(N)cc2C4)[C@]1(C)O3. The molecule has 0 amide bonds. The number of pyridine rings is 2. The first-order chi connectivity index (χ1) is 25.5. The highest BCUT2D eigenvalue weighted by molar-refractivity contribution is 5.94. The Kier molecular flexibility index (Phi) is 8.42. The summed E-state index contributed by atoms with van der Waals surface area (Å²) < 4.78 is 25.5. The van der Waals surface area contributed by atoms with E-state index < -0.39 is 35.6 Å². The summed E-state index contributed by atoms with van der Waals surface area (Å²) in [5.74, 6) is -0.218. The third-order valence-corrected chi connectivity index (χ3v) is 11.6. The number of fused-ring (bicyclic) bond motifs is 7. The van der Waals surface area contributed by atoms with Gasteiger partial charge in [-0.3, -0.25) is 4.79 Å². The Morgan fingerprint density at radius 2 is 1.94 bits per heavy atom. The number of phenols is 1. The van der Waals surface area contributed by atoms with Crippen LogP contribution in [0.2, 0.25) is 0 Å². The van der Waals surface area contributed by atoms with Crippen molar-refractivity contribution in [2.45, 2.75) is 71.2 Å². The van der Waals surface area contributed by atoms with Crippen molar-refractivity contribution in [1.29, 1.82) is 0 Å². The maximum Gasteiger partial charge on any atom is 0.333 e. The summed E-state index contributed by atoms with van der Waals surface area (Å²) in [6, 6.07) is 4.99. The van der Waals surface area contributed by atoms with Gasteiger partial charge in [-0.1, -0.05) is 17.7 Å². The van der Waals surface area contributed by atoms with Crippen LogP contribution >= 0.6 is 0 Å². The van der Waals surface area contributed by atoms with Gasteiger partial charge in [-0.05, 0) is 80.0 Å². The van der Waals surface area contributed by atoms with Gasteiger partial charge in [-0.25, -0.2) is 14.8 Å². The zero-order valence-electron chi connectivity index (χ0n) is 30.1. The number of nitrogen functional groups attached to an aromatic ring is 2. The number of aromatic nitrogens is 2. The van der Waals surface area contributed by atoms with Crippen LogP contribution in [-0.2, 0) is 46.6 Å². The Balaban J connectivity index is 1.50. The quantitative estimate of drug-likeness (QED) is 0.156. The van der Waals surface area contributed by atoms with Crippen LogP contribution in [0.1, 0.15) is 66.3 Å². The van der Waals surface area contributed by atoms with Gasteiger partial charge in [0.2, 0.25) is 0 Å². The lowest BCUT2D eigenvalue weighted by atomic mass is 9.69. The van der Waals surface area contributed by atoms with Crippen molar-refractivity contribution in [3.05, 3.63) is 109 Å². The highest BCUT2D eigenvalue weighted by Crippen LogP contribution is 2.57. The van der Waals surface area contributed by atoms with Crippen LogP contribution in [0, 0.1) is 11.8 Å². The van der Waals surface area contributed by atoms with Crippen molar-refractivity contribution in [3.8, 4) is 11.5 Å². The number of esters is 1. The first-order valence-corrected chi connectivity index (χ1v) is 17.9. The molecule has 2 bridgehead atoms. The normalized spacial score (nSPS) is 23.0. The monoisotopic (exact) mass is 718 g/mol. The van der Waals surface area contributed by atoms with E-state index in [0.717, 1.165) is 39.0 Å². The van der Waals surface area contributed by atoms with Gasteiger partial charge in [0.25, 0.3) is 0 Å². The minimum absolute atomic E-state index is 0.0394. The number of benzene rings is 1. The van der Waals surface area contributed by atoms with Gasteiger partial charge in [0, 0.05) is 79.1 Å². The van der Waals surface area contributed by atoms with Crippen LogP contribution in [-0.4, -0.2) is 51.6 Å². The molecule has 12 heteroatoms. The second-order valence-corrected chi connectivity index (χ2v) is 14.6. The molecule has 5 heterocycles. The van der Waals surface area contributed by atoms with Gasteiger partial charge in [0.05, 0.1) is 0 Å². The molecule has 2 aliphatic carbocycles. The van der Waals surface area contributed by atoms with E-state index in [1.165, 1.54) is 6.07 Å². The number of nitrogens with two attached hydrogens (primary N) is 2. The van der Waals surface area contributed by atoms with E-state index in [1.807, 2.05) is 25.3 Å². The van der Waals surface area contributed by atoms with Gasteiger partial charge >= 0.3 is 5.97 Å². The van der Waals surface area contributed by atoms with Crippen molar-refractivity contribution < 1.29 is 33.6 Å². The van der Waals surface area contributed by atoms with Crippen molar-refractivity contribution in [2.24, 2.45) is 11.8 Å². The molecule has 0 saturated carbocycles. The largest absolute Gasteiger partial charge is 0.507 e. The molecule has 0 radical (unpaired) electrons. The lowest BCUT2D eigenvalue weighted by molar-refractivity contribution is -0.162. The van der Waals surface area contributed by atoms with E-state index in [9.17, 15) is 19.8 Å². The average molecular weight is 719 g/mol. The summed E-state index contributed by atoms with van der Waals surface area (Å²) in [6.07, 6.45) is 8.44. The maximum absolute atomic E-state index is 13.7. The molecule has 2 aliphatic heterocycles. The second-order valence-electron chi connectivity index (χ2n) is 14.6. The lowest BCUT2D eigenvalue weighted by Gasteiger charge is -2.48.